The SMILES string of the molecule is CCN(CC)S(=O)(=O)c1ccc([C@H](C)NCc2nc(-c3ccccc3)no2)cc1. The fourth-order valence-corrected chi connectivity index (χ4v) is 4.49. The summed E-state index contributed by atoms with van der Waals surface area (Å²) in [5.41, 5.74) is 1.88. The Balaban J connectivity index is 1.63. The van der Waals surface area contributed by atoms with Crippen molar-refractivity contribution in [3.8, 4) is 11.4 Å². The summed E-state index contributed by atoms with van der Waals surface area (Å²) in [7, 11) is -3.44. The van der Waals surface area contributed by atoms with Gasteiger partial charge in [0, 0.05) is 24.7 Å². The van der Waals surface area contributed by atoms with Crippen LogP contribution in [0.1, 0.15) is 38.3 Å². The van der Waals surface area contributed by atoms with Gasteiger partial charge < -0.3 is 9.84 Å². The summed E-state index contributed by atoms with van der Waals surface area (Å²) in [6.07, 6.45) is 0. The average molecular weight is 415 g/mol. The minimum atomic E-state index is -3.44. The minimum absolute atomic E-state index is 0.00715. The summed E-state index contributed by atoms with van der Waals surface area (Å²) in [5, 5.41) is 7.34. The Hall–Kier alpha value is -2.55. The van der Waals surface area contributed by atoms with Crippen LogP contribution in [0.4, 0.5) is 0 Å². The Morgan fingerprint density at radius 1 is 1.03 bits per heavy atom. The van der Waals surface area contributed by atoms with Gasteiger partial charge in [-0.3, -0.25) is 0 Å². The second kappa shape index (κ2) is 9.30. The number of hydrogen-bond donors (Lipinski definition) is 1. The first-order valence-electron chi connectivity index (χ1n) is 9.67. The van der Waals surface area contributed by atoms with Crippen LogP contribution in [0.2, 0.25) is 0 Å². The van der Waals surface area contributed by atoms with Gasteiger partial charge in [-0.15, -0.1) is 0 Å². The maximum Gasteiger partial charge on any atom is 0.243 e. The predicted molar refractivity (Wildman–Crippen MR) is 112 cm³/mol. The van der Waals surface area contributed by atoms with E-state index in [9.17, 15) is 8.42 Å². The summed E-state index contributed by atoms with van der Waals surface area (Å²) in [5.74, 6) is 1.05. The molecular weight excluding hydrogens is 388 g/mol. The summed E-state index contributed by atoms with van der Waals surface area (Å²) >= 11 is 0. The van der Waals surface area contributed by atoms with E-state index in [2.05, 4.69) is 15.5 Å². The highest BCUT2D eigenvalue weighted by molar-refractivity contribution is 7.89. The van der Waals surface area contributed by atoms with Crippen LogP contribution in [0.25, 0.3) is 11.4 Å². The maximum atomic E-state index is 12.6. The zero-order chi connectivity index (χ0) is 20.9. The summed E-state index contributed by atoms with van der Waals surface area (Å²) < 4.78 is 31.9. The number of hydrogen-bond acceptors (Lipinski definition) is 6. The number of benzene rings is 2. The molecule has 1 aromatic heterocycles. The Kier molecular flexibility index (Phi) is 6.79. The lowest BCUT2D eigenvalue weighted by Gasteiger charge is -2.19. The molecule has 2 aromatic carbocycles. The maximum absolute atomic E-state index is 12.6. The van der Waals surface area contributed by atoms with Gasteiger partial charge in [-0.1, -0.05) is 61.5 Å². The van der Waals surface area contributed by atoms with Crippen LogP contribution in [0.3, 0.4) is 0 Å². The first-order valence-corrected chi connectivity index (χ1v) is 11.1. The highest BCUT2D eigenvalue weighted by Crippen LogP contribution is 2.20. The molecule has 0 fully saturated rings. The van der Waals surface area contributed by atoms with Gasteiger partial charge in [-0.2, -0.15) is 9.29 Å². The lowest BCUT2D eigenvalue weighted by atomic mass is 10.1. The van der Waals surface area contributed by atoms with Gasteiger partial charge in [0.1, 0.15) is 0 Å². The number of nitrogens with one attached hydrogen (secondary N) is 1. The predicted octanol–water partition coefficient (Wildman–Crippen LogP) is 3.62. The second-order valence-electron chi connectivity index (χ2n) is 6.64. The molecule has 7 nitrogen and oxygen atoms in total. The van der Waals surface area contributed by atoms with E-state index in [0.29, 0.717) is 36.2 Å². The molecule has 1 heterocycles. The number of sulfonamides is 1. The van der Waals surface area contributed by atoms with Crippen LogP contribution in [0.5, 0.6) is 0 Å². The molecule has 0 bridgehead atoms. The molecule has 0 saturated carbocycles. The van der Waals surface area contributed by atoms with E-state index in [4.69, 9.17) is 4.52 Å². The number of nitrogens with zero attached hydrogens (tertiary/aromatic N) is 3. The van der Waals surface area contributed by atoms with Crippen LogP contribution in [0, 0.1) is 0 Å². The fourth-order valence-electron chi connectivity index (χ4n) is 3.03. The van der Waals surface area contributed by atoms with Crippen molar-refractivity contribution in [2.24, 2.45) is 0 Å². The first-order chi connectivity index (χ1) is 14.0. The third kappa shape index (κ3) is 4.90. The van der Waals surface area contributed by atoms with Crippen molar-refractivity contribution in [2.45, 2.75) is 38.3 Å². The Bertz CT molecular complexity index is 1010. The van der Waals surface area contributed by atoms with Crippen molar-refractivity contribution in [2.75, 3.05) is 13.1 Å². The normalized spacial score (nSPS) is 13.0. The Morgan fingerprint density at radius 2 is 1.69 bits per heavy atom. The quantitative estimate of drug-likeness (QED) is 0.575. The molecule has 0 aliphatic rings. The Morgan fingerprint density at radius 3 is 2.31 bits per heavy atom. The van der Waals surface area contributed by atoms with Crippen molar-refractivity contribution in [3.63, 3.8) is 0 Å². The number of rotatable bonds is 9. The van der Waals surface area contributed by atoms with Crippen LogP contribution in [0.15, 0.2) is 64.0 Å². The van der Waals surface area contributed by atoms with Gasteiger partial charge in [0.05, 0.1) is 11.4 Å². The fraction of sp³-hybridized carbons (Fsp3) is 0.333. The van der Waals surface area contributed by atoms with Gasteiger partial charge in [0.15, 0.2) is 0 Å². The molecule has 29 heavy (non-hydrogen) atoms. The molecule has 1 atom stereocenters. The van der Waals surface area contributed by atoms with E-state index >= 15 is 0 Å². The topological polar surface area (TPSA) is 88.3 Å². The standard InChI is InChI=1S/C21H26N4O3S/c1-4-25(5-2)29(26,27)19-13-11-17(12-14-19)16(3)22-15-20-23-21(24-28-20)18-9-7-6-8-10-18/h6-14,16,22H,4-5,15H2,1-3H3/t16-/m0/s1. The Labute approximate surface area is 171 Å². The van der Waals surface area contributed by atoms with Gasteiger partial charge in [-0.05, 0) is 24.6 Å². The van der Waals surface area contributed by atoms with Crippen LogP contribution in [-0.4, -0.2) is 36.0 Å². The van der Waals surface area contributed by atoms with Crippen LogP contribution < -0.4 is 5.32 Å². The van der Waals surface area contributed by atoms with E-state index in [1.165, 1.54) is 4.31 Å². The highest BCUT2D eigenvalue weighted by atomic mass is 32.2. The first kappa shape index (κ1) is 21.2. The van der Waals surface area contributed by atoms with Crippen LogP contribution in [-0.2, 0) is 16.6 Å². The minimum Gasteiger partial charge on any atom is -0.338 e. The third-order valence-electron chi connectivity index (χ3n) is 4.78. The summed E-state index contributed by atoms with van der Waals surface area (Å²) in [6.45, 7) is 6.99. The second-order valence-corrected chi connectivity index (χ2v) is 8.58. The zero-order valence-corrected chi connectivity index (χ0v) is 17.7. The molecule has 0 aliphatic heterocycles. The van der Waals surface area contributed by atoms with Crippen molar-refractivity contribution in [1.29, 1.82) is 0 Å². The van der Waals surface area contributed by atoms with E-state index in [1.54, 1.807) is 12.1 Å². The van der Waals surface area contributed by atoms with Crippen molar-refractivity contribution >= 4 is 10.0 Å². The smallest absolute Gasteiger partial charge is 0.243 e. The molecule has 154 valence electrons. The highest BCUT2D eigenvalue weighted by Gasteiger charge is 2.21. The van der Waals surface area contributed by atoms with Crippen molar-refractivity contribution in [3.05, 3.63) is 66.1 Å². The molecule has 0 spiro atoms. The molecule has 0 aliphatic carbocycles. The zero-order valence-electron chi connectivity index (χ0n) is 16.9. The van der Waals surface area contributed by atoms with Crippen molar-refractivity contribution < 1.29 is 12.9 Å². The molecule has 0 amide bonds. The monoisotopic (exact) mass is 414 g/mol. The molecule has 3 aromatic rings. The molecule has 0 radical (unpaired) electrons. The van der Waals surface area contributed by atoms with E-state index < -0.39 is 10.0 Å². The van der Waals surface area contributed by atoms with Gasteiger partial charge in [-0.25, -0.2) is 8.42 Å². The summed E-state index contributed by atoms with van der Waals surface area (Å²) in [6, 6.07) is 16.6. The molecule has 0 saturated heterocycles. The van der Waals surface area contributed by atoms with Gasteiger partial charge in [0.2, 0.25) is 21.7 Å². The lowest BCUT2D eigenvalue weighted by molar-refractivity contribution is 0.360. The lowest BCUT2D eigenvalue weighted by Crippen LogP contribution is -2.30. The largest absolute Gasteiger partial charge is 0.338 e. The third-order valence-corrected chi connectivity index (χ3v) is 6.85. The molecule has 8 heteroatoms. The van der Waals surface area contributed by atoms with E-state index in [1.807, 2.05) is 63.2 Å². The number of aromatic nitrogens is 2. The molecular formula is C21H26N4O3S. The van der Waals surface area contributed by atoms with E-state index in [0.717, 1.165) is 11.1 Å². The molecule has 1 N–H and O–H groups in total. The van der Waals surface area contributed by atoms with Crippen LogP contribution >= 0.6 is 0 Å². The van der Waals surface area contributed by atoms with Crippen molar-refractivity contribution in [1.82, 2.24) is 19.8 Å². The summed E-state index contributed by atoms with van der Waals surface area (Å²) in [4.78, 5) is 4.71. The average Bonchev–Trinajstić information content (AvgIpc) is 3.22. The molecule has 3 rings (SSSR count). The van der Waals surface area contributed by atoms with Gasteiger partial charge in [0.25, 0.3) is 0 Å². The van der Waals surface area contributed by atoms with Gasteiger partial charge >= 0.3 is 0 Å². The molecule has 0 unspecified atom stereocenters. The van der Waals surface area contributed by atoms with E-state index in [-0.39, 0.29) is 6.04 Å².